The predicted octanol–water partition coefficient (Wildman–Crippen LogP) is 4.07. The lowest BCUT2D eigenvalue weighted by Gasteiger charge is -2.37. The van der Waals surface area contributed by atoms with Crippen molar-refractivity contribution in [3.05, 3.63) is 76.9 Å². The number of nitrogens with zero attached hydrogens (tertiary/aromatic N) is 1. The van der Waals surface area contributed by atoms with E-state index >= 15 is 0 Å². The highest BCUT2D eigenvalue weighted by atomic mass is 16.5. The van der Waals surface area contributed by atoms with Crippen LogP contribution in [0.15, 0.2) is 60.2 Å². The summed E-state index contributed by atoms with van der Waals surface area (Å²) in [6, 6.07) is 18.8. The summed E-state index contributed by atoms with van der Waals surface area (Å²) in [5.74, 6) is -1.90. The molecule has 0 saturated carbocycles. The summed E-state index contributed by atoms with van der Waals surface area (Å²) >= 11 is 0. The van der Waals surface area contributed by atoms with Crippen LogP contribution in [0.3, 0.4) is 0 Å². The average Bonchev–Trinajstić information content (AvgIpc) is 2.95. The van der Waals surface area contributed by atoms with Crippen LogP contribution in [-0.2, 0) is 32.2 Å². The Bertz CT molecular complexity index is 997. The lowest BCUT2D eigenvalue weighted by molar-refractivity contribution is -0.159. The van der Waals surface area contributed by atoms with Crippen molar-refractivity contribution in [3.63, 3.8) is 0 Å². The fourth-order valence-electron chi connectivity index (χ4n) is 5.17. The van der Waals surface area contributed by atoms with E-state index in [0.717, 1.165) is 19.6 Å². The first kappa shape index (κ1) is 21.3. The molecule has 1 heterocycles. The van der Waals surface area contributed by atoms with Gasteiger partial charge in [-0.3, -0.25) is 14.5 Å². The van der Waals surface area contributed by atoms with Gasteiger partial charge in [-0.1, -0.05) is 61.5 Å². The molecule has 162 valence electrons. The largest absolute Gasteiger partial charge is 0.469 e. The summed E-state index contributed by atoms with van der Waals surface area (Å²) in [6.45, 7) is 4.43. The third-order valence-electron chi connectivity index (χ3n) is 6.69. The van der Waals surface area contributed by atoms with Crippen LogP contribution in [0.2, 0.25) is 0 Å². The van der Waals surface area contributed by atoms with E-state index in [1.165, 1.54) is 42.1 Å². The first-order chi connectivity index (χ1) is 15.0. The number of esters is 2. The molecule has 0 bridgehead atoms. The van der Waals surface area contributed by atoms with Crippen molar-refractivity contribution in [3.8, 4) is 0 Å². The normalized spacial score (nSPS) is 23.4. The third kappa shape index (κ3) is 4.15. The fraction of sp³-hybridized carbons (Fsp3) is 0.385. The quantitative estimate of drug-likeness (QED) is 0.699. The van der Waals surface area contributed by atoms with E-state index in [1.54, 1.807) is 0 Å². The number of allylic oxidation sites excluding steroid dienone is 1. The Kier molecular flexibility index (Phi) is 6.23. The second kappa shape index (κ2) is 9.06. The molecule has 0 amide bonds. The molecule has 5 nitrogen and oxygen atoms in total. The minimum Gasteiger partial charge on any atom is -0.469 e. The Morgan fingerprint density at radius 3 is 2.32 bits per heavy atom. The van der Waals surface area contributed by atoms with E-state index in [9.17, 15) is 9.59 Å². The number of ether oxygens (including phenoxy) is 2. The van der Waals surface area contributed by atoms with E-state index in [-0.39, 0.29) is 17.9 Å². The van der Waals surface area contributed by atoms with Crippen LogP contribution in [0.25, 0.3) is 5.57 Å². The molecule has 3 atom stereocenters. The van der Waals surface area contributed by atoms with Crippen LogP contribution in [0.5, 0.6) is 0 Å². The van der Waals surface area contributed by atoms with E-state index in [0.29, 0.717) is 6.42 Å². The molecule has 2 aromatic rings. The summed E-state index contributed by atoms with van der Waals surface area (Å²) < 4.78 is 10.2. The second-order valence-corrected chi connectivity index (χ2v) is 8.46. The molecule has 1 aliphatic carbocycles. The van der Waals surface area contributed by atoms with Crippen molar-refractivity contribution in [1.29, 1.82) is 0 Å². The monoisotopic (exact) mass is 419 g/mol. The van der Waals surface area contributed by atoms with E-state index in [4.69, 9.17) is 9.47 Å². The number of carbonyl (C=O) groups excluding carboxylic acids is 2. The highest BCUT2D eigenvalue weighted by Gasteiger charge is 2.46. The van der Waals surface area contributed by atoms with Gasteiger partial charge in [0, 0.05) is 19.6 Å². The summed E-state index contributed by atoms with van der Waals surface area (Å²) in [4.78, 5) is 27.8. The number of benzene rings is 2. The van der Waals surface area contributed by atoms with Gasteiger partial charge in [0.05, 0.1) is 26.1 Å². The van der Waals surface area contributed by atoms with E-state index in [2.05, 4.69) is 47.4 Å². The van der Waals surface area contributed by atoms with Gasteiger partial charge in [-0.2, -0.15) is 0 Å². The van der Waals surface area contributed by atoms with Gasteiger partial charge >= 0.3 is 11.9 Å². The number of methoxy groups -OCH3 is 2. The molecule has 0 aromatic heterocycles. The van der Waals surface area contributed by atoms with E-state index < -0.39 is 11.8 Å². The Hall–Kier alpha value is -2.92. The second-order valence-electron chi connectivity index (χ2n) is 8.46. The Balaban J connectivity index is 1.78. The molecule has 2 aromatic carbocycles. The van der Waals surface area contributed by atoms with Crippen molar-refractivity contribution in [1.82, 2.24) is 4.90 Å². The van der Waals surface area contributed by atoms with Crippen LogP contribution in [-0.4, -0.2) is 37.6 Å². The number of hydrogen-bond acceptors (Lipinski definition) is 5. The standard InChI is InChI=1S/C26H29NO4/c1-17-23-16-27(14-18-9-5-4-6-10-18)15-19-11-7-8-12-20(19)21(23)13-22(25(28)30-2)24(17)26(29)31-3/h4-12,17,22,24H,13-16H2,1-3H3/t17?,22-,24-/m0/s1. The lowest BCUT2D eigenvalue weighted by atomic mass is 9.68. The maximum atomic E-state index is 12.7. The van der Waals surface area contributed by atoms with Crippen LogP contribution < -0.4 is 0 Å². The number of rotatable bonds is 4. The summed E-state index contributed by atoms with van der Waals surface area (Å²) in [7, 11) is 2.77. The lowest BCUT2D eigenvalue weighted by Crippen LogP contribution is -2.41. The van der Waals surface area contributed by atoms with Crippen molar-refractivity contribution in [2.75, 3.05) is 20.8 Å². The molecule has 0 N–H and O–H groups in total. The van der Waals surface area contributed by atoms with Gasteiger partial charge in [0.15, 0.2) is 0 Å². The molecule has 0 radical (unpaired) electrons. The highest BCUT2D eigenvalue weighted by molar-refractivity contribution is 5.87. The smallest absolute Gasteiger partial charge is 0.310 e. The molecule has 2 aliphatic rings. The summed E-state index contributed by atoms with van der Waals surface area (Å²) in [5.41, 5.74) is 6.07. The van der Waals surface area contributed by atoms with Crippen molar-refractivity contribution in [2.24, 2.45) is 17.8 Å². The maximum Gasteiger partial charge on any atom is 0.310 e. The molecule has 0 fully saturated rings. The van der Waals surface area contributed by atoms with Gasteiger partial charge in [0.25, 0.3) is 0 Å². The maximum absolute atomic E-state index is 12.7. The Morgan fingerprint density at radius 2 is 1.61 bits per heavy atom. The zero-order valence-electron chi connectivity index (χ0n) is 18.3. The van der Waals surface area contributed by atoms with Crippen LogP contribution in [0.4, 0.5) is 0 Å². The molecule has 31 heavy (non-hydrogen) atoms. The van der Waals surface area contributed by atoms with Crippen LogP contribution in [0, 0.1) is 17.8 Å². The highest BCUT2D eigenvalue weighted by Crippen LogP contribution is 2.46. The number of carbonyl (C=O) groups is 2. The number of fused-ring (bicyclic) bond motifs is 2. The molecule has 5 heteroatoms. The van der Waals surface area contributed by atoms with Crippen molar-refractivity contribution in [2.45, 2.75) is 26.4 Å². The Labute approximate surface area is 183 Å². The molecular formula is C26H29NO4. The SMILES string of the molecule is COC(=O)[C@H]1CC2=C(CN(Cc3ccccc3)Cc3ccccc32)C(C)[C@@H]1C(=O)OC. The molecular weight excluding hydrogens is 390 g/mol. The predicted molar refractivity (Wildman–Crippen MR) is 119 cm³/mol. The zero-order valence-corrected chi connectivity index (χ0v) is 18.3. The number of hydrogen-bond donors (Lipinski definition) is 0. The van der Waals surface area contributed by atoms with Crippen molar-refractivity contribution >= 4 is 17.5 Å². The van der Waals surface area contributed by atoms with Gasteiger partial charge < -0.3 is 9.47 Å². The Morgan fingerprint density at radius 1 is 0.935 bits per heavy atom. The van der Waals surface area contributed by atoms with Gasteiger partial charge in [-0.15, -0.1) is 0 Å². The third-order valence-corrected chi connectivity index (χ3v) is 6.69. The molecule has 4 rings (SSSR count). The summed E-state index contributed by atoms with van der Waals surface area (Å²) in [6.07, 6.45) is 0.488. The van der Waals surface area contributed by atoms with Crippen LogP contribution in [0.1, 0.15) is 30.0 Å². The van der Waals surface area contributed by atoms with Gasteiger partial charge in [-0.25, -0.2) is 0 Å². The molecule has 0 spiro atoms. The van der Waals surface area contributed by atoms with Gasteiger partial charge in [0.1, 0.15) is 0 Å². The first-order valence-corrected chi connectivity index (χ1v) is 10.8. The van der Waals surface area contributed by atoms with Gasteiger partial charge in [0.2, 0.25) is 0 Å². The zero-order chi connectivity index (χ0) is 22.0. The van der Waals surface area contributed by atoms with Gasteiger partial charge in [-0.05, 0) is 40.2 Å². The topological polar surface area (TPSA) is 55.8 Å². The minimum atomic E-state index is -0.542. The fourth-order valence-corrected chi connectivity index (χ4v) is 5.17. The molecule has 0 saturated heterocycles. The van der Waals surface area contributed by atoms with Crippen molar-refractivity contribution < 1.29 is 19.1 Å². The minimum absolute atomic E-state index is 0.121. The molecule has 1 unspecified atom stereocenters. The molecule has 1 aliphatic heterocycles. The van der Waals surface area contributed by atoms with Crippen LogP contribution >= 0.6 is 0 Å². The average molecular weight is 420 g/mol. The van der Waals surface area contributed by atoms with E-state index in [1.807, 2.05) is 19.1 Å². The first-order valence-electron chi connectivity index (χ1n) is 10.8. The summed E-state index contributed by atoms with van der Waals surface area (Å²) in [5, 5.41) is 0.